The van der Waals surface area contributed by atoms with Gasteiger partial charge in [-0.1, -0.05) is 30.3 Å². The van der Waals surface area contributed by atoms with Gasteiger partial charge in [0.2, 0.25) is 5.95 Å². The molecule has 1 saturated heterocycles. The van der Waals surface area contributed by atoms with Crippen LogP contribution in [0, 0.1) is 0 Å². The van der Waals surface area contributed by atoms with Crippen molar-refractivity contribution in [2.75, 3.05) is 24.5 Å². The van der Waals surface area contributed by atoms with Crippen molar-refractivity contribution in [1.29, 1.82) is 0 Å². The van der Waals surface area contributed by atoms with E-state index in [1.807, 2.05) is 24.7 Å². The number of benzene rings is 1. The Balaban J connectivity index is 1.45. The van der Waals surface area contributed by atoms with Crippen molar-refractivity contribution in [2.24, 2.45) is 0 Å². The van der Waals surface area contributed by atoms with Crippen molar-refractivity contribution >= 4 is 5.95 Å². The first kappa shape index (κ1) is 14.6. The lowest BCUT2D eigenvalue weighted by atomic mass is 9.99. The number of fused-ring (bicyclic) bond motifs is 1. The molecule has 0 saturated carbocycles. The Morgan fingerprint density at radius 3 is 2.68 bits per heavy atom. The second-order valence-corrected chi connectivity index (χ2v) is 6.66. The van der Waals surface area contributed by atoms with Gasteiger partial charge < -0.3 is 14.8 Å². The minimum absolute atomic E-state index is 0.525. The molecule has 0 amide bonds. The number of anilines is 1. The Morgan fingerprint density at radius 1 is 1.00 bits per heavy atom. The molecule has 0 aliphatic carbocycles. The standard InChI is InChI=1S/C19H20N6/c1-2-4-14(5-3-1)18-17-12-24(8-9-25(17)13-22-18)19-21-7-6-16(23-19)15-10-20-11-15/h1-7,13,15,20H,8-12H2. The summed E-state index contributed by atoms with van der Waals surface area (Å²) in [4.78, 5) is 16.3. The van der Waals surface area contributed by atoms with Crippen molar-refractivity contribution in [1.82, 2.24) is 24.8 Å². The Bertz CT molecular complexity index is 884. The molecular formula is C19H20N6. The van der Waals surface area contributed by atoms with Crippen molar-refractivity contribution in [2.45, 2.75) is 19.0 Å². The van der Waals surface area contributed by atoms with Crippen molar-refractivity contribution in [3.8, 4) is 11.3 Å². The summed E-state index contributed by atoms with van der Waals surface area (Å²) in [5, 5.41) is 3.31. The first-order chi connectivity index (χ1) is 12.4. The fourth-order valence-corrected chi connectivity index (χ4v) is 3.50. The fourth-order valence-electron chi connectivity index (χ4n) is 3.50. The van der Waals surface area contributed by atoms with E-state index < -0.39 is 0 Å². The first-order valence-electron chi connectivity index (χ1n) is 8.76. The van der Waals surface area contributed by atoms with E-state index in [0.29, 0.717) is 5.92 Å². The molecule has 126 valence electrons. The highest BCUT2D eigenvalue weighted by atomic mass is 15.3. The molecule has 1 fully saturated rings. The van der Waals surface area contributed by atoms with Crippen LogP contribution in [0.2, 0.25) is 0 Å². The second-order valence-electron chi connectivity index (χ2n) is 6.66. The van der Waals surface area contributed by atoms with Crippen LogP contribution in [0.3, 0.4) is 0 Å². The predicted molar refractivity (Wildman–Crippen MR) is 96.4 cm³/mol. The normalized spacial score (nSPS) is 17.2. The van der Waals surface area contributed by atoms with E-state index in [9.17, 15) is 0 Å². The summed E-state index contributed by atoms with van der Waals surface area (Å²) in [5.74, 6) is 1.35. The van der Waals surface area contributed by atoms with Gasteiger partial charge in [0.25, 0.3) is 0 Å². The molecule has 0 unspecified atom stereocenters. The molecule has 25 heavy (non-hydrogen) atoms. The van der Waals surface area contributed by atoms with Gasteiger partial charge in [0.15, 0.2) is 0 Å². The van der Waals surface area contributed by atoms with Gasteiger partial charge in [-0.2, -0.15) is 0 Å². The molecule has 0 radical (unpaired) electrons. The average Bonchev–Trinajstić information content (AvgIpc) is 3.04. The van der Waals surface area contributed by atoms with E-state index in [1.165, 1.54) is 5.69 Å². The monoisotopic (exact) mass is 332 g/mol. The lowest BCUT2D eigenvalue weighted by molar-refractivity contribution is 0.438. The van der Waals surface area contributed by atoms with Crippen LogP contribution < -0.4 is 10.2 Å². The van der Waals surface area contributed by atoms with E-state index in [1.54, 1.807) is 0 Å². The number of rotatable bonds is 3. The lowest BCUT2D eigenvalue weighted by Gasteiger charge is -2.30. The SMILES string of the molecule is c1ccc(-c2ncn3c2CN(c2nccc(C4CNC4)n2)CC3)cc1. The maximum atomic E-state index is 4.82. The predicted octanol–water partition coefficient (Wildman–Crippen LogP) is 2.05. The molecule has 2 aliphatic rings. The van der Waals surface area contributed by atoms with Crippen LogP contribution >= 0.6 is 0 Å². The molecule has 2 aromatic heterocycles. The number of nitrogens with zero attached hydrogens (tertiary/aromatic N) is 5. The Labute approximate surface area is 146 Å². The Hall–Kier alpha value is -2.73. The Kier molecular flexibility index (Phi) is 3.48. The average molecular weight is 332 g/mol. The Morgan fingerprint density at radius 2 is 1.88 bits per heavy atom. The summed E-state index contributed by atoms with van der Waals surface area (Å²) < 4.78 is 2.25. The fraction of sp³-hybridized carbons (Fsp3) is 0.316. The zero-order valence-electron chi connectivity index (χ0n) is 14.0. The lowest BCUT2D eigenvalue weighted by Crippen LogP contribution is -2.41. The third kappa shape index (κ3) is 2.59. The maximum absolute atomic E-state index is 4.82. The number of hydrogen-bond donors (Lipinski definition) is 1. The van der Waals surface area contributed by atoms with Crippen LogP contribution in [-0.2, 0) is 13.1 Å². The number of nitrogens with one attached hydrogen (secondary N) is 1. The minimum atomic E-state index is 0.525. The molecule has 0 spiro atoms. The third-order valence-electron chi connectivity index (χ3n) is 5.09. The maximum Gasteiger partial charge on any atom is 0.225 e. The van der Waals surface area contributed by atoms with E-state index in [0.717, 1.165) is 55.6 Å². The number of hydrogen-bond acceptors (Lipinski definition) is 5. The van der Waals surface area contributed by atoms with E-state index >= 15 is 0 Å². The molecule has 6 nitrogen and oxygen atoms in total. The van der Waals surface area contributed by atoms with Crippen LogP contribution in [0.4, 0.5) is 5.95 Å². The zero-order valence-corrected chi connectivity index (χ0v) is 14.0. The summed E-state index contributed by atoms with van der Waals surface area (Å²) in [5.41, 5.74) is 4.60. The molecule has 5 rings (SSSR count). The van der Waals surface area contributed by atoms with Crippen LogP contribution in [0.5, 0.6) is 0 Å². The number of imidazole rings is 1. The molecule has 4 heterocycles. The zero-order chi connectivity index (χ0) is 16.6. The van der Waals surface area contributed by atoms with E-state index in [4.69, 9.17) is 4.98 Å². The van der Waals surface area contributed by atoms with Gasteiger partial charge in [0.05, 0.1) is 30.0 Å². The van der Waals surface area contributed by atoms with Crippen LogP contribution in [0.15, 0.2) is 48.9 Å². The van der Waals surface area contributed by atoms with Crippen molar-refractivity contribution in [3.63, 3.8) is 0 Å². The summed E-state index contributed by atoms with van der Waals surface area (Å²) in [6, 6.07) is 12.4. The highest BCUT2D eigenvalue weighted by Gasteiger charge is 2.25. The molecule has 1 aromatic carbocycles. The molecule has 3 aromatic rings. The highest BCUT2D eigenvalue weighted by Crippen LogP contribution is 2.27. The van der Waals surface area contributed by atoms with Crippen LogP contribution in [-0.4, -0.2) is 39.2 Å². The van der Waals surface area contributed by atoms with Crippen LogP contribution in [0.1, 0.15) is 17.3 Å². The largest absolute Gasteiger partial charge is 0.333 e. The van der Waals surface area contributed by atoms with Crippen molar-refractivity contribution < 1.29 is 0 Å². The third-order valence-corrected chi connectivity index (χ3v) is 5.09. The molecule has 2 aliphatic heterocycles. The minimum Gasteiger partial charge on any atom is -0.333 e. The van der Waals surface area contributed by atoms with Crippen LogP contribution in [0.25, 0.3) is 11.3 Å². The quantitative estimate of drug-likeness (QED) is 0.795. The van der Waals surface area contributed by atoms with Gasteiger partial charge in [0, 0.05) is 43.9 Å². The van der Waals surface area contributed by atoms with E-state index in [2.05, 4.69) is 49.0 Å². The van der Waals surface area contributed by atoms with Crippen molar-refractivity contribution in [3.05, 3.63) is 60.3 Å². The summed E-state index contributed by atoms with van der Waals surface area (Å²) in [6.07, 6.45) is 3.84. The summed E-state index contributed by atoms with van der Waals surface area (Å²) >= 11 is 0. The molecule has 0 bridgehead atoms. The number of aromatic nitrogens is 4. The topological polar surface area (TPSA) is 58.9 Å². The second kappa shape index (κ2) is 5.97. The smallest absolute Gasteiger partial charge is 0.225 e. The van der Waals surface area contributed by atoms with E-state index in [-0.39, 0.29) is 0 Å². The van der Waals surface area contributed by atoms with Gasteiger partial charge in [-0.15, -0.1) is 0 Å². The summed E-state index contributed by atoms with van der Waals surface area (Å²) in [6.45, 7) is 4.64. The first-order valence-corrected chi connectivity index (χ1v) is 8.76. The highest BCUT2D eigenvalue weighted by molar-refractivity contribution is 5.62. The molecule has 1 N–H and O–H groups in total. The molecular weight excluding hydrogens is 312 g/mol. The van der Waals surface area contributed by atoms with Gasteiger partial charge in [0.1, 0.15) is 0 Å². The van der Waals surface area contributed by atoms with Gasteiger partial charge in [-0.25, -0.2) is 15.0 Å². The molecule has 0 atom stereocenters. The molecule has 6 heteroatoms. The van der Waals surface area contributed by atoms with Gasteiger partial charge in [-0.3, -0.25) is 0 Å². The van der Waals surface area contributed by atoms with Gasteiger partial charge >= 0.3 is 0 Å². The summed E-state index contributed by atoms with van der Waals surface area (Å²) in [7, 11) is 0. The van der Waals surface area contributed by atoms with Gasteiger partial charge in [-0.05, 0) is 6.07 Å².